The molecule has 1 amide bonds. The maximum absolute atomic E-state index is 11.9. The van der Waals surface area contributed by atoms with Gasteiger partial charge in [-0.2, -0.15) is 0 Å². The van der Waals surface area contributed by atoms with Gasteiger partial charge in [-0.25, -0.2) is 4.98 Å². The second-order valence-electron chi connectivity index (χ2n) is 4.45. The Kier molecular flexibility index (Phi) is 4.55. The van der Waals surface area contributed by atoms with Crippen LogP contribution < -0.4 is 10.6 Å². The fraction of sp³-hybridized carbons (Fsp3) is 0.667. The number of carbonyl (C=O) groups excluding carboxylic acids is 1. The molecule has 1 aromatic rings. The summed E-state index contributed by atoms with van der Waals surface area (Å²) >= 11 is 0. The van der Waals surface area contributed by atoms with E-state index in [9.17, 15) is 4.79 Å². The highest BCUT2D eigenvalue weighted by molar-refractivity contribution is 5.78. The average Bonchev–Trinajstić information content (AvgIpc) is 2.69. The molecule has 0 aliphatic carbocycles. The summed E-state index contributed by atoms with van der Waals surface area (Å²) in [6.45, 7) is 2.66. The maximum Gasteiger partial charge on any atom is 0.223 e. The molecule has 0 spiro atoms. The Morgan fingerprint density at radius 3 is 3.24 bits per heavy atom. The van der Waals surface area contributed by atoms with Crippen molar-refractivity contribution in [3.05, 3.63) is 18.2 Å². The zero-order valence-electron chi connectivity index (χ0n) is 10.0. The summed E-state index contributed by atoms with van der Waals surface area (Å²) in [7, 11) is 0. The van der Waals surface area contributed by atoms with Crippen LogP contribution in [0.3, 0.4) is 0 Å². The molecule has 17 heavy (non-hydrogen) atoms. The van der Waals surface area contributed by atoms with Crippen LogP contribution in [0.4, 0.5) is 0 Å². The molecule has 1 aliphatic heterocycles. The minimum absolute atomic E-state index is 0.182. The molecule has 1 unspecified atom stereocenters. The van der Waals surface area contributed by atoms with Crippen molar-refractivity contribution in [2.75, 3.05) is 19.6 Å². The zero-order chi connectivity index (χ0) is 11.9. The van der Waals surface area contributed by atoms with E-state index in [-0.39, 0.29) is 11.8 Å². The van der Waals surface area contributed by atoms with Gasteiger partial charge in [0.05, 0.1) is 0 Å². The van der Waals surface area contributed by atoms with Gasteiger partial charge < -0.3 is 15.6 Å². The predicted octanol–water partition coefficient (Wildman–Crippen LogP) is 0.458. The van der Waals surface area contributed by atoms with Crippen LogP contribution in [0, 0.1) is 5.92 Å². The van der Waals surface area contributed by atoms with Crippen LogP contribution >= 0.6 is 0 Å². The number of amides is 1. The summed E-state index contributed by atoms with van der Waals surface area (Å²) in [5, 5.41) is 6.31. The molecular formula is C12H20N4O. The molecule has 5 nitrogen and oxygen atoms in total. The lowest BCUT2D eigenvalue weighted by molar-refractivity contribution is -0.125. The van der Waals surface area contributed by atoms with Gasteiger partial charge >= 0.3 is 0 Å². The zero-order valence-corrected chi connectivity index (χ0v) is 10.0. The van der Waals surface area contributed by atoms with Crippen molar-refractivity contribution in [1.29, 1.82) is 0 Å². The second kappa shape index (κ2) is 6.39. The summed E-state index contributed by atoms with van der Waals surface area (Å²) in [6, 6.07) is 0. The van der Waals surface area contributed by atoms with Crippen molar-refractivity contribution >= 4 is 5.91 Å². The van der Waals surface area contributed by atoms with Gasteiger partial charge in [0.2, 0.25) is 5.91 Å². The Labute approximate surface area is 101 Å². The smallest absolute Gasteiger partial charge is 0.223 e. The highest BCUT2D eigenvalue weighted by Crippen LogP contribution is 2.13. The topological polar surface area (TPSA) is 69.8 Å². The molecular weight excluding hydrogens is 216 g/mol. The van der Waals surface area contributed by atoms with E-state index in [1.54, 1.807) is 12.4 Å². The third-order valence-electron chi connectivity index (χ3n) is 3.16. The van der Waals surface area contributed by atoms with Gasteiger partial charge in [-0.3, -0.25) is 4.79 Å². The van der Waals surface area contributed by atoms with Crippen LogP contribution in [-0.4, -0.2) is 35.5 Å². The molecule has 1 fully saturated rings. The van der Waals surface area contributed by atoms with Crippen LogP contribution in [0.15, 0.2) is 12.4 Å². The molecule has 0 aromatic carbocycles. The fourth-order valence-corrected chi connectivity index (χ4v) is 2.16. The van der Waals surface area contributed by atoms with Gasteiger partial charge in [0, 0.05) is 31.3 Å². The van der Waals surface area contributed by atoms with E-state index in [1.807, 2.05) is 0 Å². The number of aromatic amines is 1. The molecule has 2 rings (SSSR count). The summed E-state index contributed by atoms with van der Waals surface area (Å²) < 4.78 is 0. The number of nitrogens with one attached hydrogen (secondary N) is 3. The molecule has 1 atom stereocenters. The monoisotopic (exact) mass is 236 g/mol. The first-order valence-electron chi connectivity index (χ1n) is 6.33. The van der Waals surface area contributed by atoms with E-state index < -0.39 is 0 Å². The number of H-pyrrole nitrogens is 1. The quantitative estimate of drug-likeness (QED) is 0.711. The molecule has 1 saturated heterocycles. The third-order valence-corrected chi connectivity index (χ3v) is 3.16. The van der Waals surface area contributed by atoms with E-state index in [1.165, 1.54) is 0 Å². The first kappa shape index (κ1) is 12.1. The average molecular weight is 236 g/mol. The van der Waals surface area contributed by atoms with E-state index in [4.69, 9.17) is 0 Å². The van der Waals surface area contributed by atoms with Gasteiger partial charge in [0.25, 0.3) is 0 Å². The largest absolute Gasteiger partial charge is 0.355 e. The van der Waals surface area contributed by atoms with Gasteiger partial charge in [-0.15, -0.1) is 0 Å². The molecule has 3 N–H and O–H groups in total. The van der Waals surface area contributed by atoms with Crippen molar-refractivity contribution < 1.29 is 4.79 Å². The van der Waals surface area contributed by atoms with Gasteiger partial charge in [-0.1, -0.05) is 0 Å². The lowest BCUT2D eigenvalue weighted by Crippen LogP contribution is -2.32. The Hall–Kier alpha value is -1.36. The standard InChI is InChI=1S/C12H20N4O/c17-12(10-2-1-5-13-6-3-10)16-7-4-11-14-8-9-15-11/h8-10,13H,1-7H2,(H,14,15)(H,16,17). The normalized spacial score (nSPS) is 20.8. The minimum Gasteiger partial charge on any atom is -0.355 e. The highest BCUT2D eigenvalue weighted by Gasteiger charge is 2.19. The first-order valence-corrected chi connectivity index (χ1v) is 6.33. The number of nitrogens with zero attached hydrogens (tertiary/aromatic N) is 1. The van der Waals surface area contributed by atoms with Crippen LogP contribution in [0.5, 0.6) is 0 Å². The molecule has 94 valence electrons. The Balaban J connectivity index is 1.69. The van der Waals surface area contributed by atoms with Crippen molar-refractivity contribution in [3.8, 4) is 0 Å². The molecule has 0 saturated carbocycles. The Bertz CT molecular complexity index is 328. The summed E-state index contributed by atoms with van der Waals surface area (Å²) in [6.07, 6.45) is 7.34. The summed E-state index contributed by atoms with van der Waals surface area (Å²) in [5.41, 5.74) is 0. The van der Waals surface area contributed by atoms with E-state index in [2.05, 4.69) is 20.6 Å². The van der Waals surface area contributed by atoms with Gasteiger partial charge in [0.15, 0.2) is 0 Å². The highest BCUT2D eigenvalue weighted by atomic mass is 16.1. The number of aromatic nitrogens is 2. The Morgan fingerprint density at radius 1 is 1.47 bits per heavy atom. The minimum atomic E-state index is 0.182. The fourth-order valence-electron chi connectivity index (χ4n) is 2.16. The molecule has 0 radical (unpaired) electrons. The van der Waals surface area contributed by atoms with E-state index in [0.717, 1.165) is 44.6 Å². The van der Waals surface area contributed by atoms with Crippen molar-refractivity contribution in [2.24, 2.45) is 5.92 Å². The lowest BCUT2D eigenvalue weighted by atomic mass is 10.00. The summed E-state index contributed by atoms with van der Waals surface area (Å²) in [4.78, 5) is 19.1. The number of hydrogen-bond acceptors (Lipinski definition) is 3. The molecule has 1 aliphatic rings. The third kappa shape index (κ3) is 3.85. The van der Waals surface area contributed by atoms with Gasteiger partial charge in [0.1, 0.15) is 5.82 Å². The lowest BCUT2D eigenvalue weighted by Gasteiger charge is -2.13. The SMILES string of the molecule is O=C(NCCc1ncc[nH]1)C1CCCNCC1. The van der Waals surface area contributed by atoms with Crippen LogP contribution in [0.1, 0.15) is 25.1 Å². The Morgan fingerprint density at radius 2 is 2.41 bits per heavy atom. The molecule has 1 aromatic heterocycles. The van der Waals surface area contributed by atoms with Crippen molar-refractivity contribution in [1.82, 2.24) is 20.6 Å². The number of hydrogen-bond donors (Lipinski definition) is 3. The second-order valence-corrected chi connectivity index (χ2v) is 4.45. The predicted molar refractivity (Wildman–Crippen MR) is 65.5 cm³/mol. The van der Waals surface area contributed by atoms with E-state index in [0.29, 0.717) is 6.54 Å². The molecule has 5 heteroatoms. The van der Waals surface area contributed by atoms with Crippen LogP contribution in [0.2, 0.25) is 0 Å². The van der Waals surface area contributed by atoms with Crippen molar-refractivity contribution in [3.63, 3.8) is 0 Å². The van der Waals surface area contributed by atoms with Crippen LogP contribution in [0.25, 0.3) is 0 Å². The number of carbonyl (C=O) groups is 1. The molecule has 0 bridgehead atoms. The van der Waals surface area contributed by atoms with Gasteiger partial charge in [-0.05, 0) is 32.4 Å². The number of rotatable bonds is 4. The molecule has 2 heterocycles. The van der Waals surface area contributed by atoms with Crippen LogP contribution in [-0.2, 0) is 11.2 Å². The maximum atomic E-state index is 11.9. The first-order chi connectivity index (χ1) is 8.36. The van der Waals surface area contributed by atoms with Crippen molar-refractivity contribution in [2.45, 2.75) is 25.7 Å². The van der Waals surface area contributed by atoms with E-state index >= 15 is 0 Å². The summed E-state index contributed by atoms with van der Waals surface area (Å²) in [5.74, 6) is 1.30. The number of imidazole rings is 1.